The molecule has 64 valence electrons. The second kappa shape index (κ2) is 2.30. The first kappa shape index (κ1) is 7.74. The lowest BCUT2D eigenvalue weighted by Gasteiger charge is -2.15. The number of fused-ring (bicyclic) bond motifs is 1. The summed E-state index contributed by atoms with van der Waals surface area (Å²) in [5.41, 5.74) is 7.56. The van der Waals surface area contributed by atoms with Crippen molar-refractivity contribution in [2.24, 2.45) is 5.73 Å². The van der Waals surface area contributed by atoms with Crippen LogP contribution < -0.4 is 5.73 Å². The highest BCUT2D eigenvalue weighted by molar-refractivity contribution is 5.36. The number of halogens is 1. The molecule has 0 heterocycles. The van der Waals surface area contributed by atoms with Gasteiger partial charge >= 0.3 is 0 Å². The summed E-state index contributed by atoms with van der Waals surface area (Å²) in [6.45, 7) is 1.96. The van der Waals surface area contributed by atoms with Crippen molar-refractivity contribution in [1.29, 1.82) is 0 Å². The molecule has 2 N–H and O–H groups in total. The standard InChI is InChI=1S/C10H12FN/c1-10(12)5-7-3-2-4-9(11)8(7)6-10/h2-4H,5-6,12H2,1H3. The molecule has 0 fully saturated rings. The predicted octanol–water partition coefficient (Wildman–Crippen LogP) is 1.64. The van der Waals surface area contributed by atoms with Crippen LogP contribution in [0.4, 0.5) is 4.39 Å². The van der Waals surface area contributed by atoms with E-state index in [4.69, 9.17) is 5.73 Å². The average molecular weight is 165 g/mol. The van der Waals surface area contributed by atoms with Gasteiger partial charge in [-0.25, -0.2) is 4.39 Å². The Kier molecular flexibility index (Phi) is 1.48. The maximum absolute atomic E-state index is 13.2. The first-order valence-corrected chi connectivity index (χ1v) is 4.14. The second-order valence-corrected chi connectivity index (χ2v) is 3.89. The largest absolute Gasteiger partial charge is 0.325 e. The Balaban J connectivity index is 2.48. The minimum atomic E-state index is -0.246. The second-order valence-electron chi connectivity index (χ2n) is 3.89. The van der Waals surface area contributed by atoms with E-state index in [1.54, 1.807) is 6.07 Å². The highest BCUT2D eigenvalue weighted by Gasteiger charge is 2.30. The fraction of sp³-hybridized carbons (Fsp3) is 0.400. The van der Waals surface area contributed by atoms with E-state index >= 15 is 0 Å². The summed E-state index contributed by atoms with van der Waals surface area (Å²) < 4.78 is 13.2. The predicted molar refractivity (Wildman–Crippen MR) is 46.4 cm³/mol. The highest BCUT2D eigenvalue weighted by Crippen LogP contribution is 2.29. The normalized spacial score (nSPS) is 27.2. The van der Waals surface area contributed by atoms with Crippen molar-refractivity contribution >= 4 is 0 Å². The molecule has 1 aromatic rings. The minimum Gasteiger partial charge on any atom is -0.325 e. The van der Waals surface area contributed by atoms with E-state index in [1.165, 1.54) is 6.07 Å². The zero-order chi connectivity index (χ0) is 8.77. The Labute approximate surface area is 71.4 Å². The number of benzene rings is 1. The van der Waals surface area contributed by atoms with E-state index in [9.17, 15) is 4.39 Å². The topological polar surface area (TPSA) is 26.0 Å². The fourth-order valence-corrected chi connectivity index (χ4v) is 1.87. The Morgan fingerprint density at radius 1 is 1.42 bits per heavy atom. The molecular weight excluding hydrogens is 153 g/mol. The molecule has 0 aromatic heterocycles. The average Bonchev–Trinajstić information content (AvgIpc) is 2.25. The highest BCUT2D eigenvalue weighted by atomic mass is 19.1. The zero-order valence-electron chi connectivity index (χ0n) is 7.10. The van der Waals surface area contributed by atoms with Gasteiger partial charge in [0.15, 0.2) is 0 Å². The summed E-state index contributed by atoms with van der Waals surface area (Å²) >= 11 is 0. The van der Waals surface area contributed by atoms with Crippen LogP contribution in [0.25, 0.3) is 0 Å². The molecule has 0 spiro atoms. The van der Waals surface area contributed by atoms with Gasteiger partial charge in [0, 0.05) is 5.54 Å². The van der Waals surface area contributed by atoms with Crippen LogP contribution in [0.15, 0.2) is 18.2 Å². The van der Waals surface area contributed by atoms with E-state index < -0.39 is 0 Å². The SMILES string of the molecule is CC1(N)Cc2cccc(F)c2C1. The molecule has 0 bridgehead atoms. The summed E-state index contributed by atoms with van der Waals surface area (Å²) in [4.78, 5) is 0. The number of hydrogen-bond donors (Lipinski definition) is 1. The first-order valence-electron chi connectivity index (χ1n) is 4.14. The molecule has 0 radical (unpaired) electrons. The van der Waals surface area contributed by atoms with Gasteiger partial charge in [0.2, 0.25) is 0 Å². The van der Waals surface area contributed by atoms with Crippen LogP contribution in [0.2, 0.25) is 0 Å². The summed E-state index contributed by atoms with van der Waals surface area (Å²) in [5.74, 6) is -0.110. The fourth-order valence-electron chi connectivity index (χ4n) is 1.87. The molecule has 1 unspecified atom stereocenters. The van der Waals surface area contributed by atoms with Gasteiger partial charge < -0.3 is 5.73 Å². The molecule has 1 aliphatic rings. The first-order chi connectivity index (χ1) is 5.58. The molecule has 1 aliphatic carbocycles. The molecule has 0 aliphatic heterocycles. The van der Waals surface area contributed by atoms with E-state index in [2.05, 4.69) is 0 Å². The summed E-state index contributed by atoms with van der Waals surface area (Å²) in [6.07, 6.45) is 1.45. The van der Waals surface area contributed by atoms with Gasteiger partial charge in [-0.05, 0) is 37.0 Å². The third kappa shape index (κ3) is 1.12. The van der Waals surface area contributed by atoms with Crippen LogP contribution in [0, 0.1) is 5.82 Å². The summed E-state index contributed by atoms with van der Waals surface area (Å²) in [7, 11) is 0. The summed E-state index contributed by atoms with van der Waals surface area (Å²) in [5, 5.41) is 0. The van der Waals surface area contributed by atoms with Gasteiger partial charge in [0.25, 0.3) is 0 Å². The van der Waals surface area contributed by atoms with Gasteiger partial charge in [0.05, 0.1) is 0 Å². The lowest BCUT2D eigenvalue weighted by molar-refractivity contribution is 0.491. The van der Waals surface area contributed by atoms with Crippen LogP contribution in [-0.4, -0.2) is 5.54 Å². The minimum absolute atomic E-state index is 0.110. The van der Waals surface area contributed by atoms with Crippen LogP contribution >= 0.6 is 0 Å². The lowest BCUT2D eigenvalue weighted by Crippen LogP contribution is -2.36. The molecule has 1 aromatic carbocycles. The van der Waals surface area contributed by atoms with Crippen molar-refractivity contribution in [3.05, 3.63) is 35.1 Å². The molecule has 0 amide bonds. The van der Waals surface area contributed by atoms with Gasteiger partial charge in [-0.2, -0.15) is 0 Å². The third-order valence-electron chi connectivity index (χ3n) is 2.39. The molecule has 1 atom stereocenters. The zero-order valence-corrected chi connectivity index (χ0v) is 7.10. The van der Waals surface area contributed by atoms with Crippen LogP contribution in [0.1, 0.15) is 18.1 Å². The molecule has 0 saturated heterocycles. The quantitative estimate of drug-likeness (QED) is 0.621. The Morgan fingerprint density at radius 2 is 2.17 bits per heavy atom. The van der Waals surface area contributed by atoms with Crippen molar-refractivity contribution in [1.82, 2.24) is 0 Å². The molecule has 2 rings (SSSR count). The third-order valence-corrected chi connectivity index (χ3v) is 2.39. The maximum atomic E-state index is 13.2. The monoisotopic (exact) mass is 165 g/mol. The van der Waals surface area contributed by atoms with Crippen molar-refractivity contribution in [3.63, 3.8) is 0 Å². The lowest BCUT2D eigenvalue weighted by atomic mass is 10.0. The Hall–Kier alpha value is -0.890. The number of rotatable bonds is 0. The van der Waals surface area contributed by atoms with Crippen molar-refractivity contribution in [2.45, 2.75) is 25.3 Å². The van der Waals surface area contributed by atoms with E-state index in [0.717, 1.165) is 17.5 Å². The molecule has 1 nitrogen and oxygen atoms in total. The van der Waals surface area contributed by atoms with Gasteiger partial charge in [-0.15, -0.1) is 0 Å². The molecular formula is C10H12FN. The molecule has 2 heteroatoms. The van der Waals surface area contributed by atoms with E-state index in [-0.39, 0.29) is 11.4 Å². The van der Waals surface area contributed by atoms with E-state index in [1.807, 2.05) is 13.0 Å². The summed E-state index contributed by atoms with van der Waals surface area (Å²) in [6, 6.07) is 5.20. The van der Waals surface area contributed by atoms with Gasteiger partial charge in [-0.3, -0.25) is 0 Å². The van der Waals surface area contributed by atoms with Crippen molar-refractivity contribution in [3.8, 4) is 0 Å². The van der Waals surface area contributed by atoms with Gasteiger partial charge in [0.1, 0.15) is 5.82 Å². The number of nitrogens with two attached hydrogens (primary N) is 1. The van der Waals surface area contributed by atoms with E-state index in [0.29, 0.717) is 6.42 Å². The smallest absolute Gasteiger partial charge is 0.126 e. The van der Waals surface area contributed by atoms with Crippen molar-refractivity contribution < 1.29 is 4.39 Å². The Bertz CT molecular complexity index is 318. The van der Waals surface area contributed by atoms with Crippen LogP contribution in [-0.2, 0) is 12.8 Å². The number of hydrogen-bond acceptors (Lipinski definition) is 1. The maximum Gasteiger partial charge on any atom is 0.126 e. The van der Waals surface area contributed by atoms with Crippen molar-refractivity contribution in [2.75, 3.05) is 0 Å². The Morgan fingerprint density at radius 3 is 2.83 bits per heavy atom. The van der Waals surface area contributed by atoms with Crippen LogP contribution in [0.5, 0.6) is 0 Å². The molecule has 0 saturated carbocycles. The van der Waals surface area contributed by atoms with Gasteiger partial charge in [-0.1, -0.05) is 12.1 Å². The van der Waals surface area contributed by atoms with Crippen LogP contribution in [0.3, 0.4) is 0 Å². The molecule has 12 heavy (non-hydrogen) atoms.